The average molecular weight is 407 g/mol. The molecule has 3 rings (SSSR count). The van der Waals surface area contributed by atoms with Crippen molar-refractivity contribution in [3.8, 4) is 0 Å². The van der Waals surface area contributed by atoms with Crippen LogP contribution in [0.1, 0.15) is 68.2 Å². The second-order valence-electron chi connectivity index (χ2n) is 8.54. The van der Waals surface area contributed by atoms with Crippen LogP contribution >= 0.6 is 0 Å². The topological polar surface area (TPSA) is 33.3 Å². The molecule has 0 bridgehead atoms. The van der Waals surface area contributed by atoms with Gasteiger partial charge in [-0.25, -0.2) is 0 Å². The van der Waals surface area contributed by atoms with Gasteiger partial charge >= 0.3 is 0 Å². The first-order valence-corrected chi connectivity index (χ1v) is 11.4. The summed E-state index contributed by atoms with van der Waals surface area (Å²) in [5, 5.41) is 7.36. The van der Waals surface area contributed by atoms with Crippen LogP contribution in [0.25, 0.3) is 5.57 Å². The minimum atomic E-state index is 0.0710. The third-order valence-corrected chi connectivity index (χ3v) is 6.37. The lowest BCUT2D eigenvalue weighted by molar-refractivity contribution is 0.0800. The molecule has 0 spiro atoms. The van der Waals surface area contributed by atoms with Gasteiger partial charge in [-0.05, 0) is 54.0 Å². The smallest absolute Gasteiger partial charge is 0.105 e. The maximum atomic E-state index is 5.41. The van der Waals surface area contributed by atoms with Gasteiger partial charge in [0, 0.05) is 31.7 Å². The van der Waals surface area contributed by atoms with Gasteiger partial charge < -0.3 is 10.1 Å². The highest BCUT2D eigenvalue weighted by atomic mass is 16.5. The summed E-state index contributed by atoms with van der Waals surface area (Å²) in [5.41, 5.74) is 6.60. The normalized spacial score (nSPS) is 20.8. The summed E-state index contributed by atoms with van der Waals surface area (Å²) in [4.78, 5) is 0. The SMILES string of the molecule is C=C(CC)c1ccc([C@H](c2ccc(CCC)cc2)C2C[C@@H](NC(C)OC)CN2)cc1. The van der Waals surface area contributed by atoms with Crippen molar-refractivity contribution in [2.75, 3.05) is 13.7 Å². The molecule has 0 saturated carbocycles. The third-order valence-electron chi connectivity index (χ3n) is 6.37. The fraction of sp³-hybridized carbons (Fsp3) is 0.481. The molecule has 1 saturated heterocycles. The number of allylic oxidation sites excluding steroid dienone is 1. The van der Waals surface area contributed by atoms with Gasteiger partial charge in [0.05, 0.1) is 0 Å². The zero-order valence-corrected chi connectivity index (χ0v) is 19.1. The molecule has 2 unspecified atom stereocenters. The lowest BCUT2D eigenvalue weighted by Gasteiger charge is -2.26. The molecule has 0 radical (unpaired) electrons. The van der Waals surface area contributed by atoms with Gasteiger partial charge in [0.15, 0.2) is 0 Å². The van der Waals surface area contributed by atoms with E-state index in [-0.39, 0.29) is 6.23 Å². The number of hydrogen-bond donors (Lipinski definition) is 2. The highest BCUT2D eigenvalue weighted by molar-refractivity contribution is 5.63. The second kappa shape index (κ2) is 10.9. The molecule has 2 aromatic rings. The standard InChI is InChI=1S/C27H38N2O/c1-6-8-21-9-11-23(12-10-21)27(24-15-13-22(14-16-24)19(3)7-2)26-17-25(18-28-26)29-20(4)30-5/h9-16,20,25-29H,3,6-8,17-18H2,1-2,4-5H3/t20?,25-,26?,27+/m1/s1. The van der Waals surface area contributed by atoms with Crippen molar-refractivity contribution in [2.45, 2.75) is 70.7 Å². The van der Waals surface area contributed by atoms with E-state index in [0.29, 0.717) is 18.0 Å². The molecule has 3 nitrogen and oxygen atoms in total. The fourth-order valence-electron chi connectivity index (χ4n) is 4.52. The number of benzene rings is 2. The first-order chi connectivity index (χ1) is 14.5. The predicted octanol–water partition coefficient (Wildman–Crippen LogP) is 5.51. The minimum absolute atomic E-state index is 0.0710. The van der Waals surface area contributed by atoms with Gasteiger partial charge in [0.1, 0.15) is 6.23 Å². The number of methoxy groups -OCH3 is 1. The molecule has 1 fully saturated rings. The molecule has 1 aliphatic rings. The highest BCUT2D eigenvalue weighted by Crippen LogP contribution is 2.33. The number of hydrogen-bond acceptors (Lipinski definition) is 3. The Hall–Kier alpha value is -1.94. The second-order valence-corrected chi connectivity index (χ2v) is 8.54. The number of rotatable bonds is 10. The summed E-state index contributed by atoms with van der Waals surface area (Å²) < 4.78 is 5.41. The molecule has 30 heavy (non-hydrogen) atoms. The van der Waals surface area contributed by atoms with Crippen LogP contribution in [0.15, 0.2) is 55.1 Å². The molecule has 3 heteroatoms. The Bertz CT molecular complexity index is 797. The molecule has 2 aromatic carbocycles. The molecule has 4 atom stereocenters. The van der Waals surface area contributed by atoms with Crippen LogP contribution in [0.3, 0.4) is 0 Å². The summed E-state index contributed by atoms with van der Waals surface area (Å²) in [7, 11) is 1.75. The maximum absolute atomic E-state index is 5.41. The first kappa shape index (κ1) is 22.7. The van der Waals surface area contributed by atoms with Crippen LogP contribution in [-0.4, -0.2) is 32.0 Å². The van der Waals surface area contributed by atoms with Crippen LogP contribution in [0, 0.1) is 0 Å². The molecule has 162 valence electrons. The summed E-state index contributed by atoms with van der Waals surface area (Å²) in [5.74, 6) is 0.328. The van der Waals surface area contributed by atoms with Gasteiger partial charge in [0.25, 0.3) is 0 Å². The number of aryl methyl sites for hydroxylation is 1. The highest BCUT2D eigenvalue weighted by Gasteiger charge is 2.32. The predicted molar refractivity (Wildman–Crippen MR) is 128 cm³/mol. The van der Waals surface area contributed by atoms with E-state index in [1.165, 1.54) is 34.2 Å². The lowest BCUT2D eigenvalue weighted by atomic mass is 9.83. The van der Waals surface area contributed by atoms with E-state index in [9.17, 15) is 0 Å². The van der Waals surface area contributed by atoms with Crippen LogP contribution < -0.4 is 10.6 Å². The van der Waals surface area contributed by atoms with E-state index in [0.717, 1.165) is 25.8 Å². The summed E-state index contributed by atoms with van der Waals surface area (Å²) in [6.07, 6.45) is 4.46. The summed E-state index contributed by atoms with van der Waals surface area (Å²) >= 11 is 0. The average Bonchev–Trinajstić information content (AvgIpc) is 3.23. The van der Waals surface area contributed by atoms with Crippen molar-refractivity contribution in [2.24, 2.45) is 0 Å². The van der Waals surface area contributed by atoms with Gasteiger partial charge in [-0.2, -0.15) is 0 Å². The molecule has 0 aromatic heterocycles. The van der Waals surface area contributed by atoms with E-state index in [1.807, 2.05) is 0 Å². The summed E-state index contributed by atoms with van der Waals surface area (Å²) in [6, 6.07) is 19.1. The van der Waals surface area contributed by atoms with Crippen LogP contribution in [-0.2, 0) is 11.2 Å². The zero-order chi connectivity index (χ0) is 21.5. The zero-order valence-electron chi connectivity index (χ0n) is 19.1. The fourth-order valence-corrected chi connectivity index (χ4v) is 4.52. The Balaban J connectivity index is 1.86. The van der Waals surface area contributed by atoms with Crippen LogP contribution in [0.4, 0.5) is 0 Å². The molecular weight excluding hydrogens is 368 g/mol. The Kier molecular flexibility index (Phi) is 8.26. The van der Waals surface area contributed by atoms with E-state index in [4.69, 9.17) is 4.74 Å². The van der Waals surface area contributed by atoms with Crippen molar-refractivity contribution in [1.29, 1.82) is 0 Å². The van der Waals surface area contributed by atoms with Gasteiger partial charge in [-0.15, -0.1) is 0 Å². The monoisotopic (exact) mass is 406 g/mol. The van der Waals surface area contributed by atoms with Gasteiger partial charge in [-0.3, -0.25) is 5.32 Å². The van der Waals surface area contributed by atoms with Gasteiger partial charge in [0.2, 0.25) is 0 Å². The van der Waals surface area contributed by atoms with E-state index >= 15 is 0 Å². The molecule has 2 N–H and O–H groups in total. The van der Waals surface area contributed by atoms with Crippen LogP contribution in [0.2, 0.25) is 0 Å². The quantitative estimate of drug-likeness (QED) is 0.511. The van der Waals surface area contributed by atoms with Gasteiger partial charge in [-0.1, -0.05) is 75.4 Å². The largest absolute Gasteiger partial charge is 0.367 e. The molecule has 1 heterocycles. The van der Waals surface area contributed by atoms with Crippen molar-refractivity contribution in [1.82, 2.24) is 10.6 Å². The van der Waals surface area contributed by atoms with Crippen molar-refractivity contribution >= 4 is 5.57 Å². The van der Waals surface area contributed by atoms with E-state index in [2.05, 4.69) is 86.5 Å². The third kappa shape index (κ3) is 5.60. The molecule has 0 aliphatic carbocycles. The summed E-state index contributed by atoms with van der Waals surface area (Å²) in [6.45, 7) is 11.6. The Morgan fingerprint density at radius 3 is 2.30 bits per heavy atom. The number of ether oxygens (including phenoxy) is 1. The molecule has 1 aliphatic heterocycles. The first-order valence-electron chi connectivity index (χ1n) is 11.4. The molecular formula is C27H38N2O. The van der Waals surface area contributed by atoms with E-state index < -0.39 is 0 Å². The number of nitrogens with one attached hydrogen (secondary N) is 2. The maximum Gasteiger partial charge on any atom is 0.105 e. The Morgan fingerprint density at radius 1 is 1.10 bits per heavy atom. The van der Waals surface area contributed by atoms with Crippen molar-refractivity contribution < 1.29 is 4.74 Å². The Labute approximate surface area is 182 Å². The molecule has 0 amide bonds. The van der Waals surface area contributed by atoms with Crippen molar-refractivity contribution in [3.63, 3.8) is 0 Å². The van der Waals surface area contributed by atoms with E-state index in [1.54, 1.807) is 7.11 Å². The Morgan fingerprint density at radius 2 is 1.73 bits per heavy atom. The lowest BCUT2D eigenvalue weighted by Crippen LogP contribution is -2.38. The van der Waals surface area contributed by atoms with Crippen LogP contribution in [0.5, 0.6) is 0 Å². The minimum Gasteiger partial charge on any atom is -0.367 e. The van der Waals surface area contributed by atoms with Crippen molar-refractivity contribution in [3.05, 3.63) is 77.4 Å².